The molecule has 3 atom stereocenters. The van der Waals surface area contributed by atoms with Crippen molar-refractivity contribution in [3.8, 4) is 0 Å². The third-order valence-electron chi connectivity index (χ3n) is 4.98. The third-order valence-corrected chi connectivity index (χ3v) is 5.31. The Morgan fingerprint density at radius 3 is 2.86 bits per heavy atom. The molecule has 1 aliphatic carbocycles. The van der Waals surface area contributed by atoms with Crippen LogP contribution < -0.4 is 5.32 Å². The highest BCUT2D eigenvalue weighted by molar-refractivity contribution is 6.35. The number of nitrogens with one attached hydrogen (secondary N) is 1. The standard InChI is InChI=1S/C18H23ClN2/c1-12-5-7-15(10-13(12)2)21-11-14-6-8-17(19)16-4-3-9-20-18(14)16/h3-4,6,8-9,12-13,15,21H,5,7,10-11H2,1-2H3. The second-order valence-corrected chi connectivity index (χ2v) is 6.86. The first-order valence-electron chi connectivity index (χ1n) is 7.90. The molecule has 0 radical (unpaired) electrons. The summed E-state index contributed by atoms with van der Waals surface area (Å²) in [4.78, 5) is 4.51. The summed E-state index contributed by atoms with van der Waals surface area (Å²) >= 11 is 6.25. The molecular formula is C18H23ClN2. The quantitative estimate of drug-likeness (QED) is 0.880. The summed E-state index contributed by atoms with van der Waals surface area (Å²) < 4.78 is 0. The van der Waals surface area contributed by atoms with E-state index in [2.05, 4.69) is 30.2 Å². The first kappa shape index (κ1) is 14.8. The number of fused-ring (bicyclic) bond motifs is 1. The minimum atomic E-state index is 0.630. The van der Waals surface area contributed by atoms with E-state index in [9.17, 15) is 0 Å². The summed E-state index contributed by atoms with van der Waals surface area (Å²) in [6.07, 6.45) is 5.73. The van der Waals surface area contributed by atoms with E-state index < -0.39 is 0 Å². The van der Waals surface area contributed by atoms with Gasteiger partial charge in [0.25, 0.3) is 0 Å². The summed E-state index contributed by atoms with van der Waals surface area (Å²) in [5.74, 6) is 1.68. The summed E-state index contributed by atoms with van der Waals surface area (Å²) in [6.45, 7) is 5.62. The molecular weight excluding hydrogens is 280 g/mol. The highest BCUT2D eigenvalue weighted by atomic mass is 35.5. The van der Waals surface area contributed by atoms with Crippen molar-refractivity contribution in [1.29, 1.82) is 0 Å². The van der Waals surface area contributed by atoms with Gasteiger partial charge in [-0.15, -0.1) is 0 Å². The van der Waals surface area contributed by atoms with Gasteiger partial charge in [0.2, 0.25) is 0 Å². The molecule has 2 aromatic rings. The molecule has 3 rings (SSSR count). The smallest absolute Gasteiger partial charge is 0.0761 e. The van der Waals surface area contributed by atoms with Crippen LogP contribution in [-0.4, -0.2) is 11.0 Å². The van der Waals surface area contributed by atoms with E-state index in [4.69, 9.17) is 11.6 Å². The van der Waals surface area contributed by atoms with Gasteiger partial charge in [-0.3, -0.25) is 4.98 Å². The number of benzene rings is 1. The van der Waals surface area contributed by atoms with E-state index in [1.54, 1.807) is 0 Å². The Bertz CT molecular complexity index is 626. The van der Waals surface area contributed by atoms with Gasteiger partial charge in [-0.2, -0.15) is 0 Å². The molecule has 1 aliphatic rings. The molecule has 0 bridgehead atoms. The first-order valence-corrected chi connectivity index (χ1v) is 8.28. The highest BCUT2D eigenvalue weighted by Crippen LogP contribution is 2.30. The topological polar surface area (TPSA) is 24.9 Å². The number of halogens is 1. The third kappa shape index (κ3) is 3.22. The van der Waals surface area contributed by atoms with Crippen LogP contribution in [0.3, 0.4) is 0 Å². The molecule has 2 nitrogen and oxygen atoms in total. The van der Waals surface area contributed by atoms with Gasteiger partial charge in [-0.25, -0.2) is 0 Å². The van der Waals surface area contributed by atoms with E-state index in [1.165, 1.54) is 24.8 Å². The molecule has 1 aromatic heterocycles. The zero-order valence-electron chi connectivity index (χ0n) is 12.8. The zero-order chi connectivity index (χ0) is 14.8. The SMILES string of the molecule is CC1CCC(NCc2ccc(Cl)c3cccnc23)CC1C. The van der Waals surface area contributed by atoms with E-state index in [0.29, 0.717) is 6.04 Å². The van der Waals surface area contributed by atoms with Crippen molar-refractivity contribution in [2.24, 2.45) is 11.8 Å². The molecule has 0 spiro atoms. The van der Waals surface area contributed by atoms with Crippen LogP contribution in [0.15, 0.2) is 30.5 Å². The second-order valence-electron chi connectivity index (χ2n) is 6.45. The van der Waals surface area contributed by atoms with E-state index >= 15 is 0 Å². The normalized spacial score (nSPS) is 26.1. The molecule has 0 amide bonds. The first-order chi connectivity index (χ1) is 10.1. The van der Waals surface area contributed by atoms with Crippen LogP contribution in [0.1, 0.15) is 38.7 Å². The fraction of sp³-hybridized carbons (Fsp3) is 0.500. The average Bonchev–Trinajstić information content (AvgIpc) is 2.50. The van der Waals surface area contributed by atoms with Crippen molar-refractivity contribution in [3.63, 3.8) is 0 Å². The number of rotatable bonds is 3. The number of nitrogens with zero attached hydrogens (tertiary/aromatic N) is 1. The highest BCUT2D eigenvalue weighted by Gasteiger charge is 2.24. The Balaban J connectivity index is 1.73. The molecule has 1 heterocycles. The summed E-state index contributed by atoms with van der Waals surface area (Å²) in [5, 5.41) is 5.54. The average molecular weight is 303 g/mol. The van der Waals surface area contributed by atoms with Crippen molar-refractivity contribution in [1.82, 2.24) is 10.3 Å². The van der Waals surface area contributed by atoms with Crippen LogP contribution in [0.25, 0.3) is 10.9 Å². The fourth-order valence-electron chi connectivity index (χ4n) is 3.33. The molecule has 3 heteroatoms. The maximum Gasteiger partial charge on any atom is 0.0761 e. The largest absolute Gasteiger partial charge is 0.310 e. The van der Waals surface area contributed by atoms with Crippen molar-refractivity contribution in [3.05, 3.63) is 41.0 Å². The Morgan fingerprint density at radius 1 is 1.19 bits per heavy atom. The van der Waals surface area contributed by atoms with Crippen molar-refractivity contribution in [2.75, 3.05) is 0 Å². The molecule has 1 aromatic carbocycles. The Morgan fingerprint density at radius 2 is 2.05 bits per heavy atom. The van der Waals surface area contributed by atoms with Crippen molar-refractivity contribution < 1.29 is 0 Å². The Kier molecular flexibility index (Phi) is 4.46. The number of pyridine rings is 1. The number of hydrogen-bond donors (Lipinski definition) is 1. The lowest BCUT2D eigenvalue weighted by molar-refractivity contribution is 0.225. The van der Waals surface area contributed by atoms with Crippen molar-refractivity contribution >= 4 is 22.5 Å². The van der Waals surface area contributed by atoms with Gasteiger partial charge >= 0.3 is 0 Å². The van der Waals surface area contributed by atoms with Crippen LogP contribution in [0.5, 0.6) is 0 Å². The molecule has 1 fully saturated rings. The molecule has 21 heavy (non-hydrogen) atoms. The van der Waals surface area contributed by atoms with Gasteiger partial charge in [0.1, 0.15) is 0 Å². The van der Waals surface area contributed by atoms with Crippen LogP contribution in [0.4, 0.5) is 0 Å². The molecule has 0 aliphatic heterocycles. The van der Waals surface area contributed by atoms with Gasteiger partial charge in [0.15, 0.2) is 0 Å². The fourth-order valence-corrected chi connectivity index (χ4v) is 3.54. The predicted octanol–water partition coefficient (Wildman–Crippen LogP) is 4.80. The summed E-state index contributed by atoms with van der Waals surface area (Å²) in [5.41, 5.74) is 2.26. The molecule has 0 saturated heterocycles. The Hall–Kier alpha value is -1.12. The van der Waals surface area contributed by atoms with Gasteiger partial charge < -0.3 is 5.32 Å². The van der Waals surface area contributed by atoms with E-state index in [1.807, 2.05) is 24.4 Å². The van der Waals surface area contributed by atoms with E-state index in [-0.39, 0.29) is 0 Å². The van der Waals surface area contributed by atoms with Crippen LogP contribution in [0, 0.1) is 11.8 Å². The van der Waals surface area contributed by atoms with Crippen LogP contribution in [-0.2, 0) is 6.54 Å². The number of aromatic nitrogens is 1. The zero-order valence-corrected chi connectivity index (χ0v) is 13.5. The molecule has 3 unspecified atom stereocenters. The maximum absolute atomic E-state index is 6.25. The Labute approximate surface area is 131 Å². The molecule has 1 saturated carbocycles. The second kappa shape index (κ2) is 6.33. The lowest BCUT2D eigenvalue weighted by Crippen LogP contribution is -2.35. The molecule has 112 valence electrons. The van der Waals surface area contributed by atoms with Crippen LogP contribution >= 0.6 is 11.6 Å². The maximum atomic E-state index is 6.25. The number of hydrogen-bond acceptors (Lipinski definition) is 2. The van der Waals surface area contributed by atoms with Gasteiger partial charge in [0, 0.05) is 29.2 Å². The van der Waals surface area contributed by atoms with Gasteiger partial charge in [-0.05, 0) is 54.9 Å². The minimum Gasteiger partial charge on any atom is -0.310 e. The predicted molar refractivity (Wildman–Crippen MR) is 89.6 cm³/mol. The monoisotopic (exact) mass is 302 g/mol. The lowest BCUT2D eigenvalue weighted by Gasteiger charge is -2.32. The summed E-state index contributed by atoms with van der Waals surface area (Å²) in [7, 11) is 0. The van der Waals surface area contributed by atoms with Gasteiger partial charge in [0.05, 0.1) is 5.52 Å². The lowest BCUT2D eigenvalue weighted by atomic mass is 9.79. The van der Waals surface area contributed by atoms with Gasteiger partial charge in [-0.1, -0.05) is 31.5 Å². The van der Waals surface area contributed by atoms with E-state index in [0.717, 1.165) is 34.3 Å². The van der Waals surface area contributed by atoms with Crippen LogP contribution in [0.2, 0.25) is 5.02 Å². The molecule has 1 N–H and O–H groups in total. The minimum absolute atomic E-state index is 0.630. The summed E-state index contributed by atoms with van der Waals surface area (Å²) in [6, 6.07) is 8.69. The van der Waals surface area contributed by atoms with Crippen molar-refractivity contribution in [2.45, 2.75) is 45.7 Å².